The molecule has 61 heavy (non-hydrogen) atoms. The molecule has 4 aromatic rings. The number of carbonyl (C=O) groups excluding carboxylic acids is 5. The standard InChI is InChI=1S/C45H46N4O12/c1-8-23-59-38-32(43(52)48-36-22-20-33(45(54)61-25-10-3)39(41(36)58-7)60-24-9-2)19-21-35(40(38)57-6)47-42(51)29-11-15-30(16-12-29)46-44(53)34(27(4)5)26-37(50)28-13-17-31(18-14-28)49(55)56/h8-22,27,34H,1-3,23-26H2,4-7H3,(H,46,53)(H,47,51)(H,48,52)/t34-/m0/s1. The number of ether oxygens (including phenoxy) is 5. The highest BCUT2D eigenvalue weighted by atomic mass is 16.6. The van der Waals surface area contributed by atoms with E-state index in [-0.39, 0.29) is 100 Å². The van der Waals surface area contributed by atoms with E-state index >= 15 is 0 Å². The van der Waals surface area contributed by atoms with Crippen molar-refractivity contribution in [3.05, 3.63) is 143 Å². The molecule has 0 aromatic heterocycles. The highest BCUT2D eigenvalue weighted by Gasteiger charge is 2.28. The lowest BCUT2D eigenvalue weighted by molar-refractivity contribution is -0.384. The molecule has 318 valence electrons. The maximum Gasteiger partial charge on any atom is 0.342 e. The van der Waals surface area contributed by atoms with Gasteiger partial charge in [0.25, 0.3) is 17.5 Å². The zero-order valence-electron chi connectivity index (χ0n) is 34.1. The third-order valence-corrected chi connectivity index (χ3v) is 8.98. The van der Waals surface area contributed by atoms with E-state index in [0.717, 1.165) is 0 Å². The van der Waals surface area contributed by atoms with Gasteiger partial charge >= 0.3 is 5.97 Å². The Balaban J connectivity index is 1.53. The number of anilines is 3. The maximum atomic E-state index is 13.9. The number of amides is 3. The fraction of sp³-hybridized carbons (Fsp3) is 0.222. The van der Waals surface area contributed by atoms with Crippen molar-refractivity contribution in [2.24, 2.45) is 11.8 Å². The van der Waals surface area contributed by atoms with Crippen molar-refractivity contribution in [3.8, 4) is 23.0 Å². The van der Waals surface area contributed by atoms with E-state index < -0.39 is 34.5 Å². The number of esters is 1. The minimum absolute atomic E-state index is 0.0102. The van der Waals surface area contributed by atoms with Crippen LogP contribution in [0.1, 0.15) is 61.7 Å². The molecule has 16 heteroatoms. The van der Waals surface area contributed by atoms with Gasteiger partial charge in [-0.15, -0.1) is 0 Å². The van der Waals surface area contributed by atoms with E-state index in [1.165, 1.54) is 105 Å². The summed E-state index contributed by atoms with van der Waals surface area (Å²) in [6.07, 6.45) is 4.23. The molecule has 0 fully saturated rings. The van der Waals surface area contributed by atoms with Crippen LogP contribution < -0.4 is 34.9 Å². The number of rotatable bonds is 22. The minimum atomic E-state index is -0.713. The van der Waals surface area contributed by atoms with Crippen molar-refractivity contribution in [2.45, 2.75) is 20.3 Å². The summed E-state index contributed by atoms with van der Waals surface area (Å²) in [7, 11) is 2.68. The average Bonchev–Trinajstić information content (AvgIpc) is 3.25. The van der Waals surface area contributed by atoms with Gasteiger partial charge in [0.05, 0.1) is 36.1 Å². The van der Waals surface area contributed by atoms with Crippen LogP contribution in [0.2, 0.25) is 0 Å². The van der Waals surface area contributed by atoms with Crippen LogP contribution in [0.3, 0.4) is 0 Å². The summed E-state index contributed by atoms with van der Waals surface area (Å²) in [6.45, 7) is 14.4. The molecule has 0 radical (unpaired) electrons. The van der Waals surface area contributed by atoms with Gasteiger partial charge in [0.1, 0.15) is 25.4 Å². The number of nitro benzene ring substituents is 1. The van der Waals surface area contributed by atoms with Gasteiger partial charge in [-0.05, 0) is 66.6 Å². The molecule has 3 N–H and O–H groups in total. The van der Waals surface area contributed by atoms with Gasteiger partial charge in [0.2, 0.25) is 5.91 Å². The summed E-state index contributed by atoms with van der Waals surface area (Å²) in [6, 6.07) is 17.0. The Kier molecular flexibility index (Phi) is 16.5. The number of non-ortho nitro benzene ring substituents is 1. The van der Waals surface area contributed by atoms with E-state index in [9.17, 15) is 34.1 Å². The van der Waals surface area contributed by atoms with E-state index in [1.807, 2.05) is 13.8 Å². The second kappa shape index (κ2) is 21.9. The Morgan fingerprint density at radius 2 is 1.16 bits per heavy atom. The average molecular weight is 835 g/mol. The van der Waals surface area contributed by atoms with Gasteiger partial charge < -0.3 is 39.6 Å². The Hall–Kier alpha value is -7.75. The molecule has 0 aliphatic carbocycles. The monoisotopic (exact) mass is 834 g/mol. The van der Waals surface area contributed by atoms with Crippen LogP contribution in [0.4, 0.5) is 22.7 Å². The zero-order valence-corrected chi connectivity index (χ0v) is 34.1. The first kappa shape index (κ1) is 45.9. The lowest BCUT2D eigenvalue weighted by Crippen LogP contribution is -2.29. The highest BCUT2D eigenvalue weighted by molar-refractivity contribution is 6.10. The SMILES string of the molecule is C=CCOC(=O)c1ccc(NC(=O)c2ccc(NC(=O)c3ccc(NC(=O)[C@@H](CC(=O)c4ccc([N+](=O)[O-])cc4)C(C)C)cc3)c(OC)c2OCC=C)c(OC)c1OCC=C. The summed E-state index contributed by atoms with van der Waals surface area (Å²) in [5.41, 5.74) is 1.06. The molecule has 0 saturated heterocycles. The molecular formula is C45H46N4O12. The number of Topliss-reactive ketones (excluding diaryl/α,β-unsaturated/α-hetero) is 1. The van der Waals surface area contributed by atoms with Gasteiger partial charge in [-0.1, -0.05) is 51.8 Å². The van der Waals surface area contributed by atoms with Gasteiger partial charge in [0, 0.05) is 41.3 Å². The number of carbonyl (C=O) groups is 5. The normalized spacial score (nSPS) is 11.0. The van der Waals surface area contributed by atoms with Crippen LogP contribution in [-0.4, -0.2) is 68.4 Å². The molecule has 1 atom stereocenters. The molecule has 3 amide bonds. The topological polar surface area (TPSA) is 211 Å². The fourth-order valence-electron chi connectivity index (χ4n) is 5.89. The first-order valence-electron chi connectivity index (χ1n) is 18.8. The largest absolute Gasteiger partial charge is 0.491 e. The summed E-state index contributed by atoms with van der Waals surface area (Å²) in [5, 5.41) is 19.3. The zero-order chi connectivity index (χ0) is 44.6. The number of benzene rings is 4. The Labute approximate surface area is 352 Å². The number of nitro groups is 1. The van der Waals surface area contributed by atoms with E-state index in [2.05, 4.69) is 35.7 Å². The second-order valence-electron chi connectivity index (χ2n) is 13.4. The molecule has 4 aromatic carbocycles. The molecule has 0 bridgehead atoms. The van der Waals surface area contributed by atoms with Crippen molar-refractivity contribution in [1.29, 1.82) is 0 Å². The molecular weight excluding hydrogens is 789 g/mol. The van der Waals surface area contributed by atoms with Gasteiger partial charge in [-0.2, -0.15) is 0 Å². The fourth-order valence-corrected chi connectivity index (χ4v) is 5.89. The smallest absolute Gasteiger partial charge is 0.342 e. The molecule has 0 spiro atoms. The molecule has 4 rings (SSSR count). The molecule has 0 aliphatic rings. The van der Waals surface area contributed by atoms with Crippen LogP contribution in [0.15, 0.2) is 111 Å². The molecule has 16 nitrogen and oxygen atoms in total. The van der Waals surface area contributed by atoms with E-state index in [1.54, 1.807) is 0 Å². The van der Waals surface area contributed by atoms with E-state index in [0.29, 0.717) is 5.69 Å². The molecule has 0 heterocycles. The lowest BCUT2D eigenvalue weighted by atomic mass is 9.88. The number of hydrogen-bond donors (Lipinski definition) is 3. The van der Waals surface area contributed by atoms with E-state index in [4.69, 9.17) is 23.7 Å². The summed E-state index contributed by atoms with van der Waals surface area (Å²) in [5.74, 6) is -3.56. The third kappa shape index (κ3) is 11.7. The van der Waals surface area contributed by atoms with Crippen LogP contribution in [0.5, 0.6) is 23.0 Å². The Morgan fingerprint density at radius 3 is 1.67 bits per heavy atom. The molecule has 0 saturated carbocycles. The van der Waals surface area contributed by atoms with Crippen molar-refractivity contribution in [3.63, 3.8) is 0 Å². The summed E-state index contributed by atoms with van der Waals surface area (Å²) in [4.78, 5) is 76.8. The third-order valence-electron chi connectivity index (χ3n) is 8.98. The van der Waals surface area contributed by atoms with Crippen molar-refractivity contribution in [1.82, 2.24) is 0 Å². The summed E-state index contributed by atoms with van der Waals surface area (Å²) >= 11 is 0. The van der Waals surface area contributed by atoms with Crippen LogP contribution >= 0.6 is 0 Å². The van der Waals surface area contributed by atoms with Crippen LogP contribution in [-0.2, 0) is 9.53 Å². The number of hydrogen-bond acceptors (Lipinski definition) is 12. The molecule has 0 aliphatic heterocycles. The Morgan fingerprint density at radius 1 is 0.656 bits per heavy atom. The van der Waals surface area contributed by atoms with Crippen LogP contribution in [0, 0.1) is 22.0 Å². The van der Waals surface area contributed by atoms with Gasteiger partial charge in [0.15, 0.2) is 28.8 Å². The predicted molar refractivity (Wildman–Crippen MR) is 229 cm³/mol. The number of nitrogens with one attached hydrogen (secondary N) is 3. The van der Waals surface area contributed by atoms with Gasteiger partial charge in [-0.3, -0.25) is 29.3 Å². The predicted octanol–water partition coefficient (Wildman–Crippen LogP) is 8.07. The number of nitrogens with zero attached hydrogens (tertiary/aromatic N) is 1. The van der Waals surface area contributed by atoms with Crippen LogP contribution in [0.25, 0.3) is 0 Å². The first-order valence-corrected chi connectivity index (χ1v) is 18.8. The number of ketones is 1. The minimum Gasteiger partial charge on any atom is -0.491 e. The highest BCUT2D eigenvalue weighted by Crippen LogP contribution is 2.42. The van der Waals surface area contributed by atoms with Crippen molar-refractivity contribution in [2.75, 3.05) is 50.0 Å². The quantitative estimate of drug-likeness (QED) is 0.0226. The summed E-state index contributed by atoms with van der Waals surface area (Å²) < 4.78 is 28.0. The first-order chi connectivity index (χ1) is 29.3. The van der Waals surface area contributed by atoms with Gasteiger partial charge in [-0.25, -0.2) is 4.79 Å². The molecule has 0 unspecified atom stereocenters. The maximum absolute atomic E-state index is 13.9. The van der Waals surface area contributed by atoms with Crippen molar-refractivity contribution < 1.29 is 52.6 Å². The Bertz CT molecular complexity index is 2300. The second-order valence-corrected chi connectivity index (χ2v) is 13.4. The number of methoxy groups -OCH3 is 2. The van der Waals surface area contributed by atoms with Crippen molar-refractivity contribution >= 4 is 52.2 Å². The lowest BCUT2D eigenvalue weighted by Gasteiger charge is -2.20.